The van der Waals surface area contributed by atoms with Gasteiger partial charge >= 0.3 is 0 Å². The summed E-state index contributed by atoms with van der Waals surface area (Å²) in [4.78, 5) is 10.8. The van der Waals surface area contributed by atoms with Gasteiger partial charge in [0.2, 0.25) is 0 Å². The van der Waals surface area contributed by atoms with E-state index in [2.05, 4.69) is 33.8 Å². The van der Waals surface area contributed by atoms with Gasteiger partial charge in [0, 0.05) is 17.2 Å². The fourth-order valence-electron chi connectivity index (χ4n) is 3.69. The molecule has 0 saturated heterocycles. The summed E-state index contributed by atoms with van der Waals surface area (Å²) in [6.07, 6.45) is 2.94. The summed E-state index contributed by atoms with van der Waals surface area (Å²) in [5.74, 6) is -0.105. The smallest absolute Gasteiger partial charge is 0.253 e. The Balaban J connectivity index is 2.35. The quantitative estimate of drug-likeness (QED) is 0.513. The van der Waals surface area contributed by atoms with Crippen molar-refractivity contribution in [3.05, 3.63) is 46.2 Å². The molecule has 156 valence electrons. The molecule has 2 heterocycles. The zero-order valence-electron chi connectivity index (χ0n) is 16.7. The molecule has 0 amide bonds. The second kappa shape index (κ2) is 9.34. The van der Waals surface area contributed by atoms with Gasteiger partial charge in [-0.3, -0.25) is 4.90 Å². The summed E-state index contributed by atoms with van der Waals surface area (Å²) in [5, 5.41) is 4.77. The predicted octanol–water partition coefficient (Wildman–Crippen LogP) is 4.75. The first-order chi connectivity index (χ1) is 13.9. The highest BCUT2D eigenvalue weighted by molar-refractivity contribution is 6.36. The lowest BCUT2D eigenvalue weighted by atomic mass is 9.95. The van der Waals surface area contributed by atoms with Crippen molar-refractivity contribution >= 4 is 29.0 Å². The maximum absolute atomic E-state index is 14.9. The topological polar surface area (TPSA) is 72.3 Å². The molecule has 2 N–H and O–H groups in total. The lowest BCUT2D eigenvalue weighted by Crippen LogP contribution is -2.32. The molecule has 29 heavy (non-hydrogen) atoms. The highest BCUT2D eigenvalue weighted by Crippen LogP contribution is 2.41. The third kappa shape index (κ3) is 4.38. The van der Waals surface area contributed by atoms with Crippen LogP contribution in [0.1, 0.15) is 45.3 Å². The second-order valence-corrected chi connectivity index (χ2v) is 7.79. The van der Waals surface area contributed by atoms with E-state index in [9.17, 15) is 4.39 Å². The Morgan fingerprint density at radius 1 is 1.17 bits per heavy atom. The zero-order valence-corrected chi connectivity index (χ0v) is 18.3. The van der Waals surface area contributed by atoms with Gasteiger partial charge in [-0.2, -0.15) is 19.6 Å². The molecule has 0 aliphatic heterocycles. The maximum Gasteiger partial charge on any atom is 0.253 e. The first-order valence-electron chi connectivity index (χ1n) is 9.72. The monoisotopic (exact) mass is 438 g/mol. The SMILES string of the molecule is CCN(CC)C(CCC(C)N)c1c(-c2c(F)cccc2Cl)c(Cl)nc2ncnn12. The summed E-state index contributed by atoms with van der Waals surface area (Å²) >= 11 is 13.0. The summed E-state index contributed by atoms with van der Waals surface area (Å²) in [5.41, 5.74) is 7.42. The zero-order chi connectivity index (χ0) is 21.1. The van der Waals surface area contributed by atoms with Crippen molar-refractivity contribution in [1.82, 2.24) is 24.5 Å². The minimum atomic E-state index is -0.465. The largest absolute Gasteiger partial charge is 0.328 e. The number of aromatic nitrogens is 4. The third-order valence-corrected chi connectivity index (χ3v) is 5.68. The van der Waals surface area contributed by atoms with Crippen LogP contribution in [0.2, 0.25) is 10.2 Å². The Kier molecular flexibility index (Phi) is 7.05. The van der Waals surface area contributed by atoms with Gasteiger partial charge in [-0.1, -0.05) is 43.1 Å². The van der Waals surface area contributed by atoms with Crippen LogP contribution in [-0.4, -0.2) is 43.6 Å². The number of nitrogens with two attached hydrogens (primary N) is 1. The van der Waals surface area contributed by atoms with Crippen LogP contribution in [0, 0.1) is 5.82 Å². The summed E-state index contributed by atoms with van der Waals surface area (Å²) < 4.78 is 16.5. The molecule has 0 fully saturated rings. The molecule has 1 aromatic carbocycles. The van der Waals surface area contributed by atoms with Gasteiger partial charge in [-0.25, -0.2) is 4.39 Å². The highest BCUT2D eigenvalue weighted by Gasteiger charge is 2.30. The Bertz CT molecular complexity index is 966. The number of nitrogens with zero attached hydrogens (tertiary/aromatic N) is 5. The first kappa shape index (κ1) is 21.9. The van der Waals surface area contributed by atoms with Crippen LogP contribution in [-0.2, 0) is 0 Å². The van der Waals surface area contributed by atoms with Gasteiger partial charge in [-0.05, 0) is 45.0 Å². The van der Waals surface area contributed by atoms with Crippen LogP contribution < -0.4 is 5.73 Å². The molecule has 3 aromatic rings. The Morgan fingerprint density at radius 3 is 2.52 bits per heavy atom. The van der Waals surface area contributed by atoms with Crippen LogP contribution in [0.5, 0.6) is 0 Å². The van der Waals surface area contributed by atoms with Gasteiger partial charge < -0.3 is 5.73 Å². The summed E-state index contributed by atoms with van der Waals surface area (Å²) in [6, 6.07) is 4.47. The van der Waals surface area contributed by atoms with Crippen molar-refractivity contribution in [2.24, 2.45) is 5.73 Å². The van der Waals surface area contributed by atoms with Gasteiger partial charge in [0.1, 0.15) is 17.3 Å². The highest BCUT2D eigenvalue weighted by atomic mass is 35.5. The van der Waals surface area contributed by atoms with Crippen LogP contribution in [0.25, 0.3) is 16.9 Å². The van der Waals surface area contributed by atoms with Crippen molar-refractivity contribution in [2.75, 3.05) is 13.1 Å². The molecule has 0 bridgehead atoms. The van der Waals surface area contributed by atoms with E-state index in [1.807, 2.05) is 6.92 Å². The molecule has 3 rings (SSSR count). The molecule has 2 unspecified atom stereocenters. The van der Waals surface area contributed by atoms with E-state index in [1.165, 1.54) is 12.4 Å². The van der Waals surface area contributed by atoms with Gasteiger partial charge in [0.15, 0.2) is 0 Å². The van der Waals surface area contributed by atoms with E-state index < -0.39 is 5.82 Å². The third-order valence-electron chi connectivity index (χ3n) is 5.10. The van der Waals surface area contributed by atoms with E-state index in [-0.39, 0.29) is 27.8 Å². The molecule has 2 atom stereocenters. The molecule has 0 aliphatic rings. The number of fused-ring (bicyclic) bond motifs is 1. The molecule has 6 nitrogen and oxygen atoms in total. The molecule has 0 saturated carbocycles. The minimum Gasteiger partial charge on any atom is -0.328 e. The van der Waals surface area contributed by atoms with E-state index in [1.54, 1.807) is 16.6 Å². The molecular formula is C20H25Cl2FN6. The Hall–Kier alpha value is -1.80. The van der Waals surface area contributed by atoms with Crippen molar-refractivity contribution in [3.63, 3.8) is 0 Å². The van der Waals surface area contributed by atoms with Gasteiger partial charge in [0.25, 0.3) is 5.78 Å². The number of benzene rings is 1. The minimum absolute atomic E-state index is 0.0251. The number of hydrogen-bond donors (Lipinski definition) is 1. The van der Waals surface area contributed by atoms with E-state index >= 15 is 0 Å². The van der Waals surface area contributed by atoms with Gasteiger partial charge in [-0.15, -0.1) is 0 Å². The fourth-order valence-corrected chi connectivity index (χ4v) is 4.21. The maximum atomic E-state index is 14.9. The van der Waals surface area contributed by atoms with E-state index in [4.69, 9.17) is 28.9 Å². The summed E-state index contributed by atoms with van der Waals surface area (Å²) in [6.45, 7) is 7.72. The molecule has 0 spiro atoms. The molecular weight excluding hydrogens is 414 g/mol. The average Bonchev–Trinajstić information content (AvgIpc) is 3.13. The molecule has 0 radical (unpaired) electrons. The lowest BCUT2D eigenvalue weighted by Gasteiger charge is -2.32. The van der Waals surface area contributed by atoms with Gasteiger partial charge in [0.05, 0.1) is 16.8 Å². The van der Waals surface area contributed by atoms with Crippen LogP contribution in [0.4, 0.5) is 4.39 Å². The van der Waals surface area contributed by atoms with Crippen LogP contribution in [0.15, 0.2) is 24.5 Å². The molecule has 2 aromatic heterocycles. The van der Waals surface area contributed by atoms with Crippen molar-refractivity contribution in [2.45, 2.75) is 45.7 Å². The summed E-state index contributed by atoms with van der Waals surface area (Å²) in [7, 11) is 0. The Morgan fingerprint density at radius 2 is 1.90 bits per heavy atom. The second-order valence-electron chi connectivity index (χ2n) is 7.02. The van der Waals surface area contributed by atoms with Crippen molar-refractivity contribution in [3.8, 4) is 11.1 Å². The first-order valence-corrected chi connectivity index (χ1v) is 10.5. The lowest BCUT2D eigenvalue weighted by molar-refractivity contribution is 0.197. The fraction of sp³-hybridized carbons (Fsp3) is 0.450. The average molecular weight is 439 g/mol. The number of halogens is 3. The van der Waals surface area contributed by atoms with Crippen LogP contribution in [0.3, 0.4) is 0 Å². The van der Waals surface area contributed by atoms with Crippen LogP contribution >= 0.6 is 23.2 Å². The van der Waals surface area contributed by atoms with E-state index in [0.717, 1.165) is 25.9 Å². The molecule has 9 heteroatoms. The van der Waals surface area contributed by atoms with E-state index in [0.29, 0.717) is 17.0 Å². The number of rotatable bonds is 8. The van der Waals surface area contributed by atoms with Crippen molar-refractivity contribution < 1.29 is 4.39 Å². The predicted molar refractivity (Wildman–Crippen MR) is 115 cm³/mol. The molecule has 0 aliphatic carbocycles. The number of hydrogen-bond acceptors (Lipinski definition) is 5. The Labute approximate surface area is 179 Å². The normalized spacial score (nSPS) is 13.9. The van der Waals surface area contributed by atoms with Crippen molar-refractivity contribution in [1.29, 1.82) is 0 Å². The standard InChI is InChI=1S/C20H25Cl2FN6/c1-4-28(5-2)15(10-9-12(3)24)18-17(16-13(21)7-6-8-14(16)23)19(22)27-20-25-11-26-29(18)20/h6-8,11-12,15H,4-5,9-10,24H2,1-3H3.